The Morgan fingerprint density at radius 1 is 1.30 bits per heavy atom. The van der Waals surface area contributed by atoms with Crippen LogP contribution in [0.4, 0.5) is 4.79 Å². The first-order chi connectivity index (χ1) is 11.2. The molecule has 1 N–H and O–H groups in total. The smallest absolute Gasteiger partial charge is 0.317 e. The van der Waals surface area contributed by atoms with Crippen molar-refractivity contribution in [2.24, 2.45) is 0 Å². The average molecular weight is 321 g/mol. The summed E-state index contributed by atoms with van der Waals surface area (Å²) in [7, 11) is 0. The van der Waals surface area contributed by atoms with Gasteiger partial charge in [-0.25, -0.2) is 9.78 Å². The van der Waals surface area contributed by atoms with E-state index < -0.39 is 0 Å². The number of nitrogens with zero attached hydrogens (tertiary/aromatic N) is 4. The van der Waals surface area contributed by atoms with Gasteiger partial charge in [0.1, 0.15) is 0 Å². The zero-order chi connectivity index (χ0) is 16.1. The Balaban J connectivity index is 1.39. The molecule has 3 rings (SSSR count). The first-order valence-electron chi connectivity index (χ1n) is 8.56. The Labute approximate surface area is 137 Å². The van der Waals surface area contributed by atoms with Crippen LogP contribution in [-0.4, -0.2) is 77.4 Å². The number of imidazole rings is 1. The van der Waals surface area contributed by atoms with Crippen LogP contribution in [0.2, 0.25) is 0 Å². The molecule has 3 heterocycles. The standard InChI is InChI=1S/C16H27N5O2/c1-14(21-5-4-17-13-21)12-18-16(22)20-8-6-19(7-9-20)15-2-10-23-11-3-15/h4-5,13-15H,2-3,6-12H2,1H3,(H,18,22). The number of urea groups is 1. The molecular weight excluding hydrogens is 294 g/mol. The summed E-state index contributed by atoms with van der Waals surface area (Å²) < 4.78 is 7.43. The van der Waals surface area contributed by atoms with Crippen molar-refractivity contribution in [1.82, 2.24) is 24.7 Å². The molecule has 1 aromatic heterocycles. The lowest BCUT2D eigenvalue weighted by Crippen LogP contribution is -2.55. The van der Waals surface area contributed by atoms with Gasteiger partial charge in [-0.15, -0.1) is 0 Å². The van der Waals surface area contributed by atoms with Crippen LogP contribution in [-0.2, 0) is 4.74 Å². The molecule has 1 unspecified atom stereocenters. The van der Waals surface area contributed by atoms with Gasteiger partial charge in [-0.3, -0.25) is 4.90 Å². The summed E-state index contributed by atoms with van der Waals surface area (Å²) in [6.45, 7) is 7.99. The van der Waals surface area contributed by atoms with Gasteiger partial charge in [0.25, 0.3) is 0 Å². The molecule has 0 radical (unpaired) electrons. The number of carbonyl (C=O) groups is 1. The minimum Gasteiger partial charge on any atom is -0.381 e. The predicted molar refractivity (Wildman–Crippen MR) is 87.3 cm³/mol. The van der Waals surface area contributed by atoms with Crippen molar-refractivity contribution < 1.29 is 9.53 Å². The van der Waals surface area contributed by atoms with Crippen molar-refractivity contribution in [3.05, 3.63) is 18.7 Å². The Morgan fingerprint density at radius 3 is 2.70 bits per heavy atom. The molecular formula is C16H27N5O2. The molecule has 7 nitrogen and oxygen atoms in total. The minimum absolute atomic E-state index is 0.0450. The molecule has 0 aromatic carbocycles. The zero-order valence-corrected chi connectivity index (χ0v) is 13.9. The van der Waals surface area contributed by atoms with E-state index in [1.165, 1.54) is 0 Å². The van der Waals surface area contributed by atoms with Gasteiger partial charge in [0.15, 0.2) is 0 Å². The summed E-state index contributed by atoms with van der Waals surface area (Å²) in [5.41, 5.74) is 0. The number of carbonyl (C=O) groups excluding carboxylic acids is 1. The average Bonchev–Trinajstić information content (AvgIpc) is 3.15. The summed E-state index contributed by atoms with van der Waals surface area (Å²) in [6.07, 6.45) is 7.70. The lowest BCUT2D eigenvalue weighted by Gasteiger charge is -2.40. The van der Waals surface area contributed by atoms with E-state index in [2.05, 4.69) is 22.1 Å². The molecule has 0 saturated carbocycles. The van der Waals surface area contributed by atoms with E-state index in [9.17, 15) is 4.79 Å². The summed E-state index contributed by atoms with van der Waals surface area (Å²) in [5.74, 6) is 0. The predicted octanol–water partition coefficient (Wildman–Crippen LogP) is 0.950. The third-order valence-corrected chi connectivity index (χ3v) is 4.89. The maximum absolute atomic E-state index is 12.3. The molecule has 1 atom stereocenters. The number of rotatable bonds is 4. The fraction of sp³-hybridized carbons (Fsp3) is 0.750. The van der Waals surface area contributed by atoms with Crippen LogP contribution in [0.15, 0.2) is 18.7 Å². The van der Waals surface area contributed by atoms with Crippen LogP contribution in [0.5, 0.6) is 0 Å². The number of hydrogen-bond donors (Lipinski definition) is 1. The van der Waals surface area contributed by atoms with Gasteiger partial charge in [-0.1, -0.05) is 0 Å². The molecule has 2 aliphatic rings. The Kier molecular flexibility index (Phi) is 5.51. The van der Waals surface area contributed by atoms with Crippen molar-refractivity contribution in [2.45, 2.75) is 31.8 Å². The van der Waals surface area contributed by atoms with Crippen molar-refractivity contribution in [3.63, 3.8) is 0 Å². The van der Waals surface area contributed by atoms with E-state index in [0.717, 1.165) is 52.2 Å². The lowest BCUT2D eigenvalue weighted by atomic mass is 10.1. The Hall–Kier alpha value is -1.60. The van der Waals surface area contributed by atoms with Crippen molar-refractivity contribution in [1.29, 1.82) is 0 Å². The third-order valence-electron chi connectivity index (χ3n) is 4.89. The summed E-state index contributed by atoms with van der Waals surface area (Å²) >= 11 is 0. The van der Waals surface area contributed by atoms with Gasteiger partial charge >= 0.3 is 6.03 Å². The highest BCUT2D eigenvalue weighted by atomic mass is 16.5. The Morgan fingerprint density at radius 2 is 2.04 bits per heavy atom. The fourth-order valence-electron chi connectivity index (χ4n) is 3.32. The largest absolute Gasteiger partial charge is 0.381 e. The quantitative estimate of drug-likeness (QED) is 0.897. The van der Waals surface area contributed by atoms with E-state index >= 15 is 0 Å². The van der Waals surface area contributed by atoms with Crippen LogP contribution >= 0.6 is 0 Å². The van der Waals surface area contributed by atoms with Gasteiger partial charge in [0, 0.05) is 70.4 Å². The summed E-state index contributed by atoms with van der Waals surface area (Å²) in [4.78, 5) is 20.8. The number of ether oxygens (including phenoxy) is 1. The highest BCUT2D eigenvalue weighted by Gasteiger charge is 2.27. The maximum atomic E-state index is 12.3. The number of hydrogen-bond acceptors (Lipinski definition) is 4. The van der Waals surface area contributed by atoms with Gasteiger partial charge in [-0.2, -0.15) is 0 Å². The second-order valence-corrected chi connectivity index (χ2v) is 6.41. The monoisotopic (exact) mass is 321 g/mol. The molecule has 0 aliphatic carbocycles. The van der Waals surface area contributed by atoms with E-state index in [1.807, 2.05) is 15.7 Å². The molecule has 128 valence electrons. The summed E-state index contributed by atoms with van der Waals surface area (Å²) in [5, 5.41) is 3.03. The Bertz CT molecular complexity index is 479. The van der Waals surface area contributed by atoms with Gasteiger partial charge in [0.05, 0.1) is 6.33 Å². The topological polar surface area (TPSA) is 62.6 Å². The van der Waals surface area contributed by atoms with Crippen molar-refractivity contribution >= 4 is 6.03 Å². The highest BCUT2D eigenvalue weighted by molar-refractivity contribution is 5.74. The molecule has 23 heavy (non-hydrogen) atoms. The van der Waals surface area contributed by atoms with E-state index in [0.29, 0.717) is 12.6 Å². The van der Waals surface area contributed by atoms with Crippen molar-refractivity contribution in [2.75, 3.05) is 45.9 Å². The SMILES string of the molecule is CC(CNC(=O)N1CCN(C2CCOCC2)CC1)n1ccnc1. The second kappa shape index (κ2) is 7.79. The molecule has 2 amide bonds. The molecule has 2 fully saturated rings. The first kappa shape index (κ1) is 16.3. The van der Waals surface area contributed by atoms with Crippen LogP contribution in [0.25, 0.3) is 0 Å². The zero-order valence-electron chi connectivity index (χ0n) is 13.9. The molecule has 0 spiro atoms. The number of aromatic nitrogens is 2. The van der Waals surface area contributed by atoms with Crippen LogP contribution in [0.3, 0.4) is 0 Å². The molecule has 1 aromatic rings. The normalized spacial score (nSPS) is 22.0. The molecule has 2 saturated heterocycles. The third kappa shape index (κ3) is 4.23. The van der Waals surface area contributed by atoms with Crippen LogP contribution in [0, 0.1) is 0 Å². The first-order valence-corrected chi connectivity index (χ1v) is 8.56. The van der Waals surface area contributed by atoms with Gasteiger partial charge < -0.3 is 19.5 Å². The fourth-order valence-corrected chi connectivity index (χ4v) is 3.32. The number of piperazine rings is 1. The molecule has 0 bridgehead atoms. The molecule has 2 aliphatic heterocycles. The number of nitrogens with one attached hydrogen (secondary N) is 1. The minimum atomic E-state index is 0.0450. The maximum Gasteiger partial charge on any atom is 0.317 e. The van der Waals surface area contributed by atoms with Gasteiger partial charge in [-0.05, 0) is 19.8 Å². The number of amides is 2. The summed E-state index contributed by atoms with van der Waals surface area (Å²) in [6, 6.07) is 0.892. The van der Waals surface area contributed by atoms with E-state index in [-0.39, 0.29) is 12.1 Å². The van der Waals surface area contributed by atoms with Crippen LogP contribution in [0.1, 0.15) is 25.8 Å². The van der Waals surface area contributed by atoms with E-state index in [1.54, 1.807) is 12.5 Å². The van der Waals surface area contributed by atoms with Crippen molar-refractivity contribution in [3.8, 4) is 0 Å². The molecule has 7 heteroatoms. The van der Waals surface area contributed by atoms with E-state index in [4.69, 9.17) is 4.74 Å². The lowest BCUT2D eigenvalue weighted by molar-refractivity contribution is 0.0187. The highest BCUT2D eigenvalue weighted by Crippen LogP contribution is 2.16. The van der Waals surface area contributed by atoms with Crippen LogP contribution < -0.4 is 5.32 Å². The second-order valence-electron chi connectivity index (χ2n) is 6.41. The van der Waals surface area contributed by atoms with Gasteiger partial charge in [0.2, 0.25) is 0 Å².